The Morgan fingerprint density at radius 1 is 1.31 bits per heavy atom. The number of carbonyl (C=O) groups is 2. The Morgan fingerprint density at radius 2 is 2.04 bits per heavy atom. The average molecular weight is 437 g/mol. The minimum absolute atomic E-state index is 0.251. The summed E-state index contributed by atoms with van der Waals surface area (Å²) in [5, 5.41) is 17.1. The highest BCUT2D eigenvalue weighted by molar-refractivity contribution is 9.10. The Labute approximate surface area is 163 Å². The van der Waals surface area contributed by atoms with Crippen LogP contribution in [0.3, 0.4) is 0 Å². The quantitative estimate of drug-likeness (QED) is 0.780. The molecule has 8 nitrogen and oxygen atoms in total. The van der Waals surface area contributed by atoms with E-state index in [1.54, 1.807) is 4.68 Å². The minimum Gasteiger partial charge on any atom is -0.304 e. The van der Waals surface area contributed by atoms with Crippen LogP contribution in [0.25, 0.3) is 5.69 Å². The van der Waals surface area contributed by atoms with E-state index in [1.165, 1.54) is 30.6 Å². The first-order valence-electron chi connectivity index (χ1n) is 7.77. The van der Waals surface area contributed by atoms with E-state index in [-0.39, 0.29) is 11.8 Å². The number of halogens is 1. The van der Waals surface area contributed by atoms with Crippen LogP contribution in [0.15, 0.2) is 33.8 Å². The lowest BCUT2D eigenvalue weighted by Crippen LogP contribution is -2.38. The fraction of sp³-hybridized carbons (Fsp3) is 0.312. The van der Waals surface area contributed by atoms with E-state index in [1.807, 2.05) is 38.1 Å². The van der Waals surface area contributed by atoms with Gasteiger partial charge in [-0.3, -0.25) is 9.59 Å². The van der Waals surface area contributed by atoms with Crippen LogP contribution in [0, 0.1) is 6.92 Å². The van der Waals surface area contributed by atoms with Gasteiger partial charge in [-0.05, 0) is 43.8 Å². The molecule has 26 heavy (non-hydrogen) atoms. The Kier molecular flexibility index (Phi) is 4.89. The molecule has 0 saturated carbocycles. The van der Waals surface area contributed by atoms with Crippen molar-refractivity contribution in [2.75, 3.05) is 0 Å². The summed E-state index contributed by atoms with van der Waals surface area (Å²) in [4.78, 5) is 22.6. The SMILES string of the molecule is CC(=O)NC1=NN(C(C)=O)C(C)(c2nnn(-c3cccc(Br)c3)c2C)S1. The molecular weight excluding hydrogens is 420 g/mol. The van der Waals surface area contributed by atoms with Crippen molar-refractivity contribution in [3.63, 3.8) is 0 Å². The molecule has 1 unspecified atom stereocenters. The normalized spacial score (nSPS) is 19.4. The number of hydrogen-bond acceptors (Lipinski definition) is 6. The Balaban J connectivity index is 2.03. The molecule has 1 aromatic heterocycles. The molecule has 0 bridgehead atoms. The molecule has 136 valence electrons. The first-order valence-corrected chi connectivity index (χ1v) is 9.38. The van der Waals surface area contributed by atoms with E-state index in [4.69, 9.17) is 0 Å². The maximum Gasteiger partial charge on any atom is 0.241 e. The first-order chi connectivity index (χ1) is 12.2. The zero-order valence-electron chi connectivity index (χ0n) is 14.6. The third kappa shape index (κ3) is 3.26. The van der Waals surface area contributed by atoms with Crippen molar-refractivity contribution in [2.45, 2.75) is 32.6 Å². The molecule has 1 N–H and O–H groups in total. The molecule has 1 aliphatic rings. The fourth-order valence-electron chi connectivity index (χ4n) is 2.77. The zero-order chi connectivity index (χ0) is 19.1. The van der Waals surface area contributed by atoms with Gasteiger partial charge in [0.25, 0.3) is 0 Å². The monoisotopic (exact) mass is 436 g/mol. The van der Waals surface area contributed by atoms with Gasteiger partial charge in [0.15, 0.2) is 10.0 Å². The number of nitrogens with zero attached hydrogens (tertiary/aromatic N) is 5. The summed E-state index contributed by atoms with van der Waals surface area (Å²) in [6, 6.07) is 7.68. The van der Waals surface area contributed by atoms with Crippen molar-refractivity contribution in [3.05, 3.63) is 40.1 Å². The minimum atomic E-state index is -0.905. The van der Waals surface area contributed by atoms with Gasteiger partial charge in [-0.2, -0.15) is 0 Å². The third-order valence-electron chi connectivity index (χ3n) is 3.86. The predicted octanol–water partition coefficient (Wildman–Crippen LogP) is 2.51. The number of thioether (sulfide) groups is 1. The zero-order valence-corrected chi connectivity index (χ0v) is 17.1. The van der Waals surface area contributed by atoms with Crippen molar-refractivity contribution >= 4 is 44.7 Å². The van der Waals surface area contributed by atoms with Gasteiger partial charge < -0.3 is 5.32 Å². The number of amides is 2. The number of carbonyl (C=O) groups excluding carboxylic acids is 2. The number of nitrogens with one attached hydrogen (secondary N) is 1. The average Bonchev–Trinajstić information content (AvgIpc) is 3.08. The topological polar surface area (TPSA) is 92.5 Å². The van der Waals surface area contributed by atoms with Crippen LogP contribution in [0.2, 0.25) is 0 Å². The van der Waals surface area contributed by atoms with E-state index in [0.29, 0.717) is 10.9 Å². The third-order valence-corrected chi connectivity index (χ3v) is 5.49. The van der Waals surface area contributed by atoms with E-state index in [0.717, 1.165) is 15.9 Å². The molecule has 2 aromatic rings. The van der Waals surface area contributed by atoms with Crippen molar-refractivity contribution in [2.24, 2.45) is 5.10 Å². The van der Waals surface area contributed by atoms with Gasteiger partial charge in [-0.1, -0.05) is 27.2 Å². The van der Waals surface area contributed by atoms with Gasteiger partial charge in [0.05, 0.1) is 11.4 Å². The lowest BCUT2D eigenvalue weighted by Gasteiger charge is -2.29. The van der Waals surface area contributed by atoms with Crippen molar-refractivity contribution in [1.29, 1.82) is 0 Å². The largest absolute Gasteiger partial charge is 0.304 e. The van der Waals surface area contributed by atoms with Crippen LogP contribution in [0.1, 0.15) is 32.2 Å². The summed E-state index contributed by atoms with van der Waals surface area (Å²) in [6.07, 6.45) is 0. The van der Waals surface area contributed by atoms with Crippen LogP contribution < -0.4 is 5.32 Å². The molecule has 2 heterocycles. The molecule has 0 spiro atoms. The maximum absolute atomic E-state index is 12.1. The van der Waals surface area contributed by atoms with Gasteiger partial charge in [0.2, 0.25) is 11.8 Å². The highest BCUT2D eigenvalue weighted by atomic mass is 79.9. The van der Waals surface area contributed by atoms with E-state index < -0.39 is 4.87 Å². The summed E-state index contributed by atoms with van der Waals surface area (Å²) in [6.45, 7) is 6.54. The summed E-state index contributed by atoms with van der Waals surface area (Å²) >= 11 is 4.70. The van der Waals surface area contributed by atoms with Crippen molar-refractivity contribution in [3.8, 4) is 5.69 Å². The Morgan fingerprint density at radius 3 is 2.65 bits per heavy atom. The second-order valence-corrected chi connectivity index (χ2v) is 8.22. The van der Waals surface area contributed by atoms with Crippen LogP contribution in [-0.2, 0) is 14.5 Å². The number of hydrogen-bond donors (Lipinski definition) is 1. The second kappa shape index (κ2) is 6.84. The molecule has 0 fully saturated rings. The number of amidine groups is 1. The fourth-order valence-corrected chi connectivity index (χ4v) is 4.39. The molecule has 0 saturated heterocycles. The Hall–Kier alpha value is -2.20. The predicted molar refractivity (Wildman–Crippen MR) is 103 cm³/mol. The van der Waals surface area contributed by atoms with Crippen molar-refractivity contribution < 1.29 is 9.59 Å². The van der Waals surface area contributed by atoms with Crippen LogP contribution in [0.5, 0.6) is 0 Å². The van der Waals surface area contributed by atoms with Crippen molar-refractivity contribution in [1.82, 2.24) is 25.3 Å². The number of hydrazone groups is 1. The summed E-state index contributed by atoms with van der Waals surface area (Å²) in [7, 11) is 0. The Bertz CT molecular complexity index is 927. The molecule has 2 amide bonds. The lowest BCUT2D eigenvalue weighted by atomic mass is 10.1. The molecule has 1 aromatic carbocycles. The van der Waals surface area contributed by atoms with Gasteiger partial charge in [0.1, 0.15) is 5.69 Å². The van der Waals surface area contributed by atoms with E-state index >= 15 is 0 Å². The number of benzene rings is 1. The molecule has 0 aliphatic carbocycles. The van der Waals surface area contributed by atoms with E-state index in [2.05, 4.69) is 36.7 Å². The van der Waals surface area contributed by atoms with Gasteiger partial charge in [-0.25, -0.2) is 9.69 Å². The number of aromatic nitrogens is 3. The number of rotatable bonds is 2. The molecular formula is C16H17BrN6O2S. The molecule has 10 heteroatoms. The van der Waals surface area contributed by atoms with Crippen LogP contribution in [-0.4, -0.2) is 37.0 Å². The molecule has 1 atom stereocenters. The summed E-state index contributed by atoms with van der Waals surface area (Å²) in [5.41, 5.74) is 2.23. The van der Waals surface area contributed by atoms with Crippen LogP contribution in [0.4, 0.5) is 0 Å². The maximum atomic E-state index is 12.1. The second-order valence-electron chi connectivity index (χ2n) is 5.92. The smallest absolute Gasteiger partial charge is 0.241 e. The molecule has 3 rings (SSSR count). The summed E-state index contributed by atoms with van der Waals surface area (Å²) < 4.78 is 2.63. The molecule has 1 aliphatic heterocycles. The highest BCUT2D eigenvalue weighted by Gasteiger charge is 2.47. The van der Waals surface area contributed by atoms with E-state index in [9.17, 15) is 9.59 Å². The van der Waals surface area contributed by atoms with Gasteiger partial charge >= 0.3 is 0 Å². The molecule has 0 radical (unpaired) electrons. The lowest BCUT2D eigenvalue weighted by molar-refractivity contribution is -0.132. The highest BCUT2D eigenvalue weighted by Crippen LogP contribution is 2.45. The van der Waals surface area contributed by atoms with Gasteiger partial charge in [-0.15, -0.1) is 10.2 Å². The van der Waals surface area contributed by atoms with Crippen LogP contribution >= 0.6 is 27.7 Å². The van der Waals surface area contributed by atoms with Gasteiger partial charge in [0, 0.05) is 18.3 Å². The first kappa shape index (κ1) is 18.6. The standard InChI is InChI=1S/C16H17BrN6O2S/c1-9-14(19-21-22(9)13-7-5-6-12(17)8-13)16(4)23(11(3)25)20-15(26-16)18-10(2)24/h5-8H,1-4H3,(H,18,20,24). The summed E-state index contributed by atoms with van der Waals surface area (Å²) in [5.74, 6) is -0.504.